The molecule has 0 atom stereocenters. The molecule has 1 heterocycles. The third kappa shape index (κ3) is 5.28. The molecule has 0 radical (unpaired) electrons. The SMILES string of the molecule is C1CCN(CCCNCCOCC2CC2)C1. The van der Waals surface area contributed by atoms with E-state index in [4.69, 9.17) is 4.74 Å². The summed E-state index contributed by atoms with van der Waals surface area (Å²) in [5.41, 5.74) is 0. The van der Waals surface area contributed by atoms with Crippen LogP contribution in [0.1, 0.15) is 32.1 Å². The molecule has 2 fully saturated rings. The monoisotopic (exact) mass is 226 g/mol. The van der Waals surface area contributed by atoms with Gasteiger partial charge in [0.05, 0.1) is 6.61 Å². The Balaban J connectivity index is 1.29. The van der Waals surface area contributed by atoms with Crippen LogP contribution in [-0.2, 0) is 4.74 Å². The summed E-state index contributed by atoms with van der Waals surface area (Å²) in [4.78, 5) is 2.57. The third-order valence-corrected chi connectivity index (χ3v) is 3.50. The number of nitrogens with one attached hydrogen (secondary N) is 1. The normalized spacial score (nSPS) is 21.8. The largest absolute Gasteiger partial charge is 0.380 e. The quantitative estimate of drug-likeness (QED) is 0.603. The maximum Gasteiger partial charge on any atom is 0.0591 e. The Hall–Kier alpha value is -0.120. The highest BCUT2D eigenvalue weighted by Gasteiger charge is 2.20. The van der Waals surface area contributed by atoms with Gasteiger partial charge in [-0.1, -0.05) is 0 Å². The molecular formula is C13H26N2O. The highest BCUT2D eigenvalue weighted by molar-refractivity contribution is 4.72. The van der Waals surface area contributed by atoms with Gasteiger partial charge in [-0.3, -0.25) is 0 Å². The summed E-state index contributed by atoms with van der Waals surface area (Å²) in [5, 5.41) is 3.45. The highest BCUT2D eigenvalue weighted by Crippen LogP contribution is 2.28. The van der Waals surface area contributed by atoms with Crippen LogP contribution in [0.3, 0.4) is 0 Å². The van der Waals surface area contributed by atoms with Crippen molar-refractivity contribution in [3.63, 3.8) is 0 Å². The summed E-state index contributed by atoms with van der Waals surface area (Å²) in [7, 11) is 0. The second kappa shape index (κ2) is 7.25. The Morgan fingerprint density at radius 3 is 2.69 bits per heavy atom. The molecule has 2 rings (SSSR count). The number of nitrogens with zero attached hydrogens (tertiary/aromatic N) is 1. The Bertz CT molecular complexity index is 177. The second-order valence-corrected chi connectivity index (χ2v) is 5.17. The van der Waals surface area contributed by atoms with E-state index in [0.717, 1.165) is 32.2 Å². The van der Waals surface area contributed by atoms with Crippen molar-refractivity contribution >= 4 is 0 Å². The van der Waals surface area contributed by atoms with Crippen LogP contribution in [0, 0.1) is 5.92 Å². The predicted molar refractivity (Wildman–Crippen MR) is 66.7 cm³/mol. The number of rotatable bonds is 9. The van der Waals surface area contributed by atoms with Gasteiger partial charge in [0.25, 0.3) is 0 Å². The smallest absolute Gasteiger partial charge is 0.0591 e. The molecular weight excluding hydrogens is 200 g/mol. The van der Waals surface area contributed by atoms with Crippen LogP contribution >= 0.6 is 0 Å². The standard InChI is InChI=1S/C13H26N2O/c1-2-9-15(8-1)10-3-6-14-7-11-16-12-13-4-5-13/h13-14H,1-12H2. The molecule has 0 aromatic heterocycles. The molecule has 0 amide bonds. The molecule has 3 nitrogen and oxygen atoms in total. The average Bonchev–Trinajstić information content (AvgIpc) is 2.97. The van der Waals surface area contributed by atoms with Gasteiger partial charge in [-0.05, 0) is 64.2 Å². The first kappa shape index (κ1) is 12.3. The molecule has 94 valence electrons. The van der Waals surface area contributed by atoms with E-state index in [9.17, 15) is 0 Å². The molecule has 16 heavy (non-hydrogen) atoms. The van der Waals surface area contributed by atoms with Gasteiger partial charge in [0.15, 0.2) is 0 Å². The van der Waals surface area contributed by atoms with Gasteiger partial charge in [0.2, 0.25) is 0 Å². The Labute approximate surface area is 99.5 Å². The molecule has 1 N–H and O–H groups in total. The van der Waals surface area contributed by atoms with Crippen LogP contribution in [0.5, 0.6) is 0 Å². The first-order valence-corrected chi connectivity index (χ1v) is 6.96. The maximum absolute atomic E-state index is 5.56. The van der Waals surface area contributed by atoms with Crippen LogP contribution in [0.2, 0.25) is 0 Å². The molecule has 0 unspecified atom stereocenters. The summed E-state index contributed by atoms with van der Waals surface area (Å²) >= 11 is 0. The molecule has 0 bridgehead atoms. The van der Waals surface area contributed by atoms with Crippen molar-refractivity contribution in [1.29, 1.82) is 0 Å². The molecule has 2 aliphatic rings. The number of ether oxygens (including phenoxy) is 1. The second-order valence-electron chi connectivity index (χ2n) is 5.17. The van der Waals surface area contributed by atoms with E-state index in [1.54, 1.807) is 0 Å². The van der Waals surface area contributed by atoms with Crippen LogP contribution < -0.4 is 5.32 Å². The van der Waals surface area contributed by atoms with E-state index in [0.29, 0.717) is 0 Å². The van der Waals surface area contributed by atoms with Crippen molar-refractivity contribution < 1.29 is 4.74 Å². The van der Waals surface area contributed by atoms with Gasteiger partial charge in [0, 0.05) is 13.2 Å². The van der Waals surface area contributed by atoms with Gasteiger partial charge >= 0.3 is 0 Å². The molecule has 1 aliphatic heterocycles. The lowest BCUT2D eigenvalue weighted by Crippen LogP contribution is -2.26. The van der Waals surface area contributed by atoms with Crippen LogP contribution in [0.25, 0.3) is 0 Å². The zero-order chi connectivity index (χ0) is 11.1. The lowest BCUT2D eigenvalue weighted by atomic mass is 10.4. The van der Waals surface area contributed by atoms with Crippen molar-refractivity contribution in [2.45, 2.75) is 32.1 Å². The number of likely N-dealkylation sites (tertiary alicyclic amines) is 1. The van der Waals surface area contributed by atoms with E-state index in [-0.39, 0.29) is 0 Å². The first-order chi connectivity index (χ1) is 7.95. The van der Waals surface area contributed by atoms with Crippen molar-refractivity contribution in [3.05, 3.63) is 0 Å². The van der Waals surface area contributed by atoms with Gasteiger partial charge < -0.3 is 15.0 Å². The molecule has 1 aliphatic carbocycles. The van der Waals surface area contributed by atoms with Crippen molar-refractivity contribution in [2.24, 2.45) is 5.92 Å². The maximum atomic E-state index is 5.56. The average molecular weight is 226 g/mol. The zero-order valence-corrected chi connectivity index (χ0v) is 10.4. The minimum Gasteiger partial charge on any atom is -0.380 e. The van der Waals surface area contributed by atoms with Gasteiger partial charge in [-0.2, -0.15) is 0 Å². The fourth-order valence-electron chi connectivity index (χ4n) is 2.24. The van der Waals surface area contributed by atoms with Crippen LogP contribution in [-0.4, -0.2) is 50.8 Å². The van der Waals surface area contributed by atoms with Crippen molar-refractivity contribution in [3.8, 4) is 0 Å². The fourth-order valence-corrected chi connectivity index (χ4v) is 2.24. The molecule has 0 aromatic rings. The number of hydrogen-bond acceptors (Lipinski definition) is 3. The lowest BCUT2D eigenvalue weighted by molar-refractivity contribution is 0.126. The highest BCUT2D eigenvalue weighted by atomic mass is 16.5. The first-order valence-electron chi connectivity index (χ1n) is 6.96. The minimum atomic E-state index is 0.889. The molecule has 3 heteroatoms. The van der Waals surface area contributed by atoms with Gasteiger partial charge in [-0.15, -0.1) is 0 Å². The summed E-state index contributed by atoms with van der Waals surface area (Å²) in [6, 6.07) is 0. The molecule has 0 aromatic carbocycles. The summed E-state index contributed by atoms with van der Waals surface area (Å²) < 4.78 is 5.56. The van der Waals surface area contributed by atoms with E-state index in [1.807, 2.05) is 0 Å². The molecule has 0 spiro atoms. The lowest BCUT2D eigenvalue weighted by Gasteiger charge is -2.14. The van der Waals surface area contributed by atoms with Gasteiger partial charge in [-0.25, -0.2) is 0 Å². The van der Waals surface area contributed by atoms with E-state index in [1.165, 1.54) is 51.7 Å². The minimum absolute atomic E-state index is 0.889. The third-order valence-electron chi connectivity index (χ3n) is 3.50. The van der Waals surface area contributed by atoms with Gasteiger partial charge in [0.1, 0.15) is 0 Å². The summed E-state index contributed by atoms with van der Waals surface area (Å²) in [6.45, 7) is 7.97. The fraction of sp³-hybridized carbons (Fsp3) is 1.00. The van der Waals surface area contributed by atoms with E-state index < -0.39 is 0 Å². The van der Waals surface area contributed by atoms with E-state index >= 15 is 0 Å². The van der Waals surface area contributed by atoms with Crippen LogP contribution in [0.4, 0.5) is 0 Å². The predicted octanol–water partition coefficient (Wildman–Crippen LogP) is 1.49. The van der Waals surface area contributed by atoms with Crippen molar-refractivity contribution in [1.82, 2.24) is 10.2 Å². The topological polar surface area (TPSA) is 24.5 Å². The van der Waals surface area contributed by atoms with Crippen molar-refractivity contribution in [2.75, 3.05) is 45.9 Å². The zero-order valence-electron chi connectivity index (χ0n) is 10.4. The molecule has 1 saturated heterocycles. The summed E-state index contributed by atoms with van der Waals surface area (Å²) in [5.74, 6) is 0.898. The molecule has 1 saturated carbocycles. The Morgan fingerprint density at radius 1 is 1.12 bits per heavy atom. The van der Waals surface area contributed by atoms with Crippen LogP contribution in [0.15, 0.2) is 0 Å². The summed E-state index contributed by atoms with van der Waals surface area (Å²) in [6.07, 6.45) is 6.88. The van der Waals surface area contributed by atoms with E-state index in [2.05, 4.69) is 10.2 Å². The number of hydrogen-bond donors (Lipinski definition) is 1. The Kier molecular flexibility index (Phi) is 5.59. The Morgan fingerprint density at radius 2 is 1.94 bits per heavy atom.